The Morgan fingerprint density at radius 2 is 1.79 bits per heavy atom. The number of carbonyl (C=O) groups excluding carboxylic acids is 1. The molecule has 0 spiro atoms. The molecule has 0 saturated heterocycles. The lowest BCUT2D eigenvalue weighted by Crippen LogP contribution is -2.14. The molecule has 1 N–H and O–H groups in total. The Labute approximate surface area is 167 Å². The van der Waals surface area contributed by atoms with Gasteiger partial charge in [0.2, 0.25) is 0 Å². The molecule has 4 aromatic rings. The third kappa shape index (κ3) is 3.81. The molecule has 2 heterocycles. The number of nitrogens with zero attached hydrogens (tertiary/aromatic N) is 2. The van der Waals surface area contributed by atoms with Crippen molar-refractivity contribution in [3.05, 3.63) is 71.4 Å². The van der Waals surface area contributed by atoms with Crippen LogP contribution >= 0.6 is 11.3 Å². The lowest BCUT2D eigenvalue weighted by Gasteiger charge is -2.08. The van der Waals surface area contributed by atoms with Crippen molar-refractivity contribution in [1.29, 1.82) is 0 Å². The minimum Gasteiger partial charge on any atom is -0.497 e. The maximum Gasteiger partial charge on any atom is 0.416 e. The SMILES string of the molecule is COc1ccc(-c2cn3c(C(=O)Nc4ccc(C(F)(F)F)cc4)csc3n2)cc1. The van der Waals surface area contributed by atoms with Crippen molar-refractivity contribution < 1.29 is 22.7 Å². The predicted molar refractivity (Wildman–Crippen MR) is 104 cm³/mol. The number of ether oxygens (including phenoxy) is 1. The molecule has 2 aromatic carbocycles. The number of aromatic nitrogens is 2. The summed E-state index contributed by atoms with van der Waals surface area (Å²) in [6, 6.07) is 11.7. The number of anilines is 1. The van der Waals surface area contributed by atoms with Crippen LogP contribution in [0.2, 0.25) is 0 Å². The van der Waals surface area contributed by atoms with E-state index in [1.807, 2.05) is 24.3 Å². The lowest BCUT2D eigenvalue weighted by atomic mass is 10.2. The topological polar surface area (TPSA) is 55.6 Å². The van der Waals surface area contributed by atoms with Crippen LogP contribution in [0.15, 0.2) is 60.1 Å². The van der Waals surface area contributed by atoms with Gasteiger partial charge in [0.05, 0.1) is 18.4 Å². The average molecular weight is 417 g/mol. The Balaban J connectivity index is 1.57. The normalized spacial score (nSPS) is 11.6. The Hall–Kier alpha value is -3.33. The van der Waals surface area contributed by atoms with Crippen molar-refractivity contribution in [2.45, 2.75) is 6.18 Å². The highest BCUT2D eigenvalue weighted by Crippen LogP contribution is 2.30. The fraction of sp³-hybridized carbons (Fsp3) is 0.100. The van der Waals surface area contributed by atoms with Gasteiger partial charge in [0, 0.05) is 22.8 Å². The number of benzene rings is 2. The van der Waals surface area contributed by atoms with Crippen LogP contribution < -0.4 is 10.1 Å². The number of thiazole rings is 1. The first kappa shape index (κ1) is 19.0. The summed E-state index contributed by atoms with van der Waals surface area (Å²) >= 11 is 1.30. The van der Waals surface area contributed by atoms with Gasteiger partial charge in [-0.2, -0.15) is 13.2 Å². The van der Waals surface area contributed by atoms with Crippen molar-refractivity contribution >= 4 is 27.9 Å². The van der Waals surface area contributed by atoms with E-state index < -0.39 is 17.6 Å². The number of halogens is 3. The van der Waals surface area contributed by atoms with Crippen molar-refractivity contribution in [3.63, 3.8) is 0 Å². The van der Waals surface area contributed by atoms with Crippen LogP contribution in [0.5, 0.6) is 5.75 Å². The number of methoxy groups -OCH3 is 1. The molecule has 0 aliphatic carbocycles. The van der Waals surface area contributed by atoms with Crippen LogP contribution in [0.1, 0.15) is 16.1 Å². The van der Waals surface area contributed by atoms with Crippen LogP contribution in [-0.2, 0) is 6.18 Å². The molecule has 9 heteroatoms. The molecule has 0 aliphatic rings. The Morgan fingerprint density at radius 3 is 2.41 bits per heavy atom. The Bertz CT molecular complexity index is 1160. The summed E-state index contributed by atoms with van der Waals surface area (Å²) in [7, 11) is 1.59. The van der Waals surface area contributed by atoms with Gasteiger partial charge in [-0.15, -0.1) is 11.3 Å². The third-order valence-electron chi connectivity index (χ3n) is 4.30. The molecule has 1 amide bonds. The lowest BCUT2D eigenvalue weighted by molar-refractivity contribution is -0.137. The number of fused-ring (bicyclic) bond motifs is 1. The van der Waals surface area contributed by atoms with Crippen LogP contribution in [0.25, 0.3) is 16.2 Å². The van der Waals surface area contributed by atoms with Crippen molar-refractivity contribution in [1.82, 2.24) is 9.38 Å². The van der Waals surface area contributed by atoms with E-state index in [9.17, 15) is 18.0 Å². The summed E-state index contributed by atoms with van der Waals surface area (Å²) in [5, 5.41) is 4.27. The van der Waals surface area contributed by atoms with Crippen LogP contribution in [-0.4, -0.2) is 22.4 Å². The number of carbonyl (C=O) groups is 1. The summed E-state index contributed by atoms with van der Waals surface area (Å²) in [5.41, 5.74) is 1.42. The molecule has 0 radical (unpaired) electrons. The van der Waals surface area contributed by atoms with E-state index in [4.69, 9.17) is 4.74 Å². The van der Waals surface area contributed by atoms with E-state index in [0.717, 1.165) is 23.4 Å². The number of hydrogen-bond donors (Lipinski definition) is 1. The fourth-order valence-corrected chi connectivity index (χ4v) is 3.64. The molecule has 29 heavy (non-hydrogen) atoms. The van der Waals surface area contributed by atoms with E-state index in [2.05, 4.69) is 10.3 Å². The molecular formula is C20H14F3N3O2S. The van der Waals surface area contributed by atoms with E-state index >= 15 is 0 Å². The molecular weight excluding hydrogens is 403 g/mol. The molecule has 0 aliphatic heterocycles. The number of imidazole rings is 1. The van der Waals surface area contributed by atoms with Gasteiger partial charge in [-0.1, -0.05) is 0 Å². The zero-order chi connectivity index (χ0) is 20.6. The second-order valence-electron chi connectivity index (χ2n) is 6.16. The maximum atomic E-state index is 12.7. The Morgan fingerprint density at radius 1 is 1.10 bits per heavy atom. The van der Waals surface area contributed by atoms with E-state index in [1.165, 1.54) is 23.5 Å². The first-order chi connectivity index (χ1) is 13.8. The fourth-order valence-electron chi connectivity index (χ4n) is 2.79. The third-order valence-corrected chi connectivity index (χ3v) is 5.14. The molecule has 0 atom stereocenters. The van der Waals surface area contributed by atoms with Gasteiger partial charge in [-0.05, 0) is 48.5 Å². The number of hydrogen-bond acceptors (Lipinski definition) is 4. The quantitative estimate of drug-likeness (QED) is 0.488. The first-order valence-corrected chi connectivity index (χ1v) is 9.33. The zero-order valence-corrected chi connectivity index (χ0v) is 15.8. The van der Waals surface area contributed by atoms with Gasteiger partial charge in [-0.25, -0.2) is 4.98 Å². The molecule has 0 fully saturated rings. The first-order valence-electron chi connectivity index (χ1n) is 8.45. The maximum absolute atomic E-state index is 12.7. The van der Waals surface area contributed by atoms with Gasteiger partial charge in [-0.3, -0.25) is 9.20 Å². The van der Waals surface area contributed by atoms with Gasteiger partial charge in [0.25, 0.3) is 5.91 Å². The van der Waals surface area contributed by atoms with E-state index in [0.29, 0.717) is 16.3 Å². The molecule has 0 saturated carbocycles. The second-order valence-corrected chi connectivity index (χ2v) is 6.99. The molecule has 148 valence electrons. The number of rotatable bonds is 4. The predicted octanol–water partition coefficient (Wildman–Crippen LogP) is 5.34. The minimum absolute atomic E-state index is 0.276. The highest BCUT2D eigenvalue weighted by Gasteiger charge is 2.30. The summed E-state index contributed by atoms with van der Waals surface area (Å²) < 4.78 is 44.8. The van der Waals surface area contributed by atoms with Crippen molar-refractivity contribution in [3.8, 4) is 17.0 Å². The van der Waals surface area contributed by atoms with Gasteiger partial charge in [0.15, 0.2) is 4.96 Å². The smallest absolute Gasteiger partial charge is 0.416 e. The largest absolute Gasteiger partial charge is 0.497 e. The number of amides is 1. The summed E-state index contributed by atoms with van der Waals surface area (Å²) in [6.07, 6.45) is -2.67. The second kappa shape index (κ2) is 7.25. The van der Waals surface area contributed by atoms with Crippen molar-refractivity contribution in [2.75, 3.05) is 12.4 Å². The van der Waals surface area contributed by atoms with Crippen LogP contribution in [0.3, 0.4) is 0 Å². The zero-order valence-electron chi connectivity index (χ0n) is 15.0. The highest BCUT2D eigenvalue weighted by atomic mass is 32.1. The molecule has 2 aromatic heterocycles. The molecule has 0 bridgehead atoms. The van der Waals surface area contributed by atoms with Gasteiger partial charge < -0.3 is 10.1 Å². The summed E-state index contributed by atoms with van der Waals surface area (Å²) in [6.45, 7) is 0. The molecule has 4 rings (SSSR count). The van der Waals surface area contributed by atoms with Gasteiger partial charge in [0.1, 0.15) is 11.4 Å². The number of alkyl halides is 3. The monoisotopic (exact) mass is 417 g/mol. The molecule has 5 nitrogen and oxygen atoms in total. The van der Waals surface area contributed by atoms with Crippen LogP contribution in [0.4, 0.5) is 18.9 Å². The summed E-state index contributed by atoms with van der Waals surface area (Å²) in [4.78, 5) is 17.8. The minimum atomic E-state index is -4.42. The van der Waals surface area contributed by atoms with E-state index in [1.54, 1.807) is 23.1 Å². The highest BCUT2D eigenvalue weighted by molar-refractivity contribution is 7.15. The average Bonchev–Trinajstić information content (AvgIpc) is 3.28. The Kier molecular flexibility index (Phi) is 4.75. The van der Waals surface area contributed by atoms with E-state index in [-0.39, 0.29) is 5.69 Å². The molecule has 0 unspecified atom stereocenters. The van der Waals surface area contributed by atoms with Crippen molar-refractivity contribution in [2.24, 2.45) is 0 Å². The van der Waals surface area contributed by atoms with Crippen LogP contribution in [0, 0.1) is 0 Å². The number of nitrogens with one attached hydrogen (secondary N) is 1. The summed E-state index contributed by atoms with van der Waals surface area (Å²) in [5.74, 6) is 0.293. The standard InChI is InChI=1S/C20H14F3N3O2S/c1-28-15-8-2-12(3-9-15)16-10-26-17(11-29-19(26)25-16)18(27)24-14-6-4-13(5-7-14)20(21,22)23/h2-11H,1H3,(H,24,27). The van der Waals surface area contributed by atoms with Gasteiger partial charge >= 0.3 is 6.18 Å².